The number of rotatable bonds is 12. The molecule has 0 atom stereocenters. The van der Waals surface area contributed by atoms with E-state index in [-0.39, 0.29) is 11.5 Å². The van der Waals surface area contributed by atoms with Crippen molar-refractivity contribution < 1.29 is 9.59 Å². The number of hydrogen-bond donors (Lipinski definition) is 2. The van der Waals surface area contributed by atoms with Gasteiger partial charge in [0.15, 0.2) is 0 Å². The maximum absolute atomic E-state index is 13.0. The number of carbonyl (C=O) groups is 2. The molecular weight excluding hydrogens is 504 g/mol. The van der Waals surface area contributed by atoms with Gasteiger partial charge in [-0.2, -0.15) is 16.9 Å². The van der Waals surface area contributed by atoms with E-state index in [9.17, 15) is 9.59 Å². The highest BCUT2D eigenvalue weighted by Gasteiger charge is 2.15. The second-order valence-electron chi connectivity index (χ2n) is 8.54. The van der Waals surface area contributed by atoms with Gasteiger partial charge in [-0.25, -0.2) is 5.43 Å². The molecule has 3 rings (SSSR count). The van der Waals surface area contributed by atoms with Crippen LogP contribution in [0.2, 0.25) is 5.02 Å². The van der Waals surface area contributed by atoms with Crippen LogP contribution in [0, 0.1) is 6.92 Å². The molecule has 37 heavy (non-hydrogen) atoms. The molecule has 2 amide bonds. The molecule has 0 radical (unpaired) electrons. The third-order valence-corrected chi connectivity index (χ3v) is 7.04. The molecule has 0 aliphatic carbocycles. The lowest BCUT2D eigenvalue weighted by Crippen LogP contribution is -2.25. The van der Waals surface area contributed by atoms with E-state index in [1.54, 1.807) is 24.4 Å². The Morgan fingerprint density at radius 3 is 2.54 bits per heavy atom. The average molecular weight is 537 g/mol. The number of aryl methyl sites for hydroxylation is 1. The Balaban J connectivity index is 1.64. The first-order chi connectivity index (χ1) is 17.9. The molecule has 194 valence electrons. The van der Waals surface area contributed by atoms with Crippen LogP contribution in [0.15, 0.2) is 71.8 Å². The van der Waals surface area contributed by atoms with Gasteiger partial charge in [-0.3, -0.25) is 9.59 Å². The van der Waals surface area contributed by atoms with Crippen LogP contribution >= 0.6 is 23.4 Å². The SMILES string of the molecule is CCN(CC)CCSCc1cccc(C(=O)Nc2ccc(Cl)cc2C(=O)N/N=C/c2cccc(C)c2)c1. The van der Waals surface area contributed by atoms with Crippen molar-refractivity contribution in [3.63, 3.8) is 0 Å². The Hall–Kier alpha value is -3.13. The summed E-state index contributed by atoms with van der Waals surface area (Å²) >= 11 is 7.99. The van der Waals surface area contributed by atoms with Gasteiger partial charge in [0.05, 0.1) is 17.5 Å². The van der Waals surface area contributed by atoms with E-state index in [2.05, 4.69) is 34.6 Å². The summed E-state index contributed by atoms with van der Waals surface area (Å²) in [6.07, 6.45) is 1.57. The van der Waals surface area contributed by atoms with E-state index >= 15 is 0 Å². The van der Waals surface area contributed by atoms with Crippen molar-refractivity contribution in [1.29, 1.82) is 0 Å². The quantitative estimate of drug-likeness (QED) is 0.163. The number of amides is 2. The molecule has 3 aromatic rings. The predicted octanol–water partition coefficient (Wildman–Crippen LogP) is 6.24. The van der Waals surface area contributed by atoms with Gasteiger partial charge < -0.3 is 10.2 Å². The lowest BCUT2D eigenvalue weighted by Gasteiger charge is -2.17. The summed E-state index contributed by atoms with van der Waals surface area (Å²) in [5, 5.41) is 7.29. The zero-order chi connectivity index (χ0) is 26.6. The number of carbonyl (C=O) groups excluding carboxylic acids is 2. The number of benzene rings is 3. The normalized spacial score (nSPS) is 11.2. The summed E-state index contributed by atoms with van der Waals surface area (Å²) in [6.45, 7) is 9.48. The summed E-state index contributed by atoms with van der Waals surface area (Å²) in [5.41, 5.74) is 6.67. The molecule has 6 nitrogen and oxygen atoms in total. The van der Waals surface area contributed by atoms with E-state index in [0.29, 0.717) is 16.3 Å². The minimum Gasteiger partial charge on any atom is -0.321 e. The van der Waals surface area contributed by atoms with E-state index in [1.165, 1.54) is 6.07 Å². The monoisotopic (exact) mass is 536 g/mol. The van der Waals surface area contributed by atoms with Crippen LogP contribution in [0.25, 0.3) is 0 Å². The largest absolute Gasteiger partial charge is 0.321 e. The molecule has 0 unspecified atom stereocenters. The van der Waals surface area contributed by atoms with Gasteiger partial charge >= 0.3 is 0 Å². The van der Waals surface area contributed by atoms with Crippen LogP contribution in [-0.4, -0.2) is 48.3 Å². The van der Waals surface area contributed by atoms with E-state index in [1.807, 2.05) is 61.2 Å². The highest BCUT2D eigenvalue weighted by molar-refractivity contribution is 7.98. The van der Waals surface area contributed by atoms with Crippen LogP contribution in [0.4, 0.5) is 5.69 Å². The first-order valence-corrected chi connectivity index (χ1v) is 13.8. The van der Waals surface area contributed by atoms with E-state index < -0.39 is 5.91 Å². The van der Waals surface area contributed by atoms with Gasteiger partial charge in [0.2, 0.25) is 0 Å². The summed E-state index contributed by atoms with van der Waals surface area (Å²) in [5.74, 6) is 1.10. The first-order valence-electron chi connectivity index (χ1n) is 12.3. The summed E-state index contributed by atoms with van der Waals surface area (Å²) < 4.78 is 0. The maximum Gasteiger partial charge on any atom is 0.273 e. The third-order valence-electron chi connectivity index (χ3n) is 5.80. The van der Waals surface area contributed by atoms with Crippen molar-refractivity contribution >= 4 is 47.1 Å². The molecule has 0 fully saturated rings. The minimum absolute atomic E-state index is 0.227. The van der Waals surface area contributed by atoms with Crippen LogP contribution in [0.5, 0.6) is 0 Å². The Morgan fingerprint density at radius 2 is 1.78 bits per heavy atom. The lowest BCUT2D eigenvalue weighted by molar-refractivity contribution is 0.0956. The standard InChI is InChI=1S/C29H33ClN4O2S/c1-4-34(5-2)14-15-37-20-23-10-7-11-24(17-23)28(35)32-27-13-12-25(30)18-26(27)29(36)33-31-19-22-9-6-8-21(3)16-22/h6-13,16-19H,4-5,14-15,20H2,1-3H3,(H,32,35)(H,33,36)/b31-19+. The number of thioether (sulfide) groups is 1. The topological polar surface area (TPSA) is 73.8 Å². The summed E-state index contributed by atoms with van der Waals surface area (Å²) in [6, 6.07) is 20.1. The van der Waals surface area contributed by atoms with Crippen LogP contribution in [0.1, 0.15) is 51.3 Å². The van der Waals surface area contributed by atoms with Crippen LogP contribution in [-0.2, 0) is 5.75 Å². The van der Waals surface area contributed by atoms with Gasteiger partial charge in [0.25, 0.3) is 11.8 Å². The molecule has 0 aromatic heterocycles. The predicted molar refractivity (Wildman–Crippen MR) is 156 cm³/mol. The van der Waals surface area contributed by atoms with E-state index in [4.69, 9.17) is 11.6 Å². The average Bonchev–Trinajstić information content (AvgIpc) is 2.90. The number of hydrazone groups is 1. The number of hydrogen-bond acceptors (Lipinski definition) is 5. The second kappa shape index (κ2) is 14.6. The highest BCUT2D eigenvalue weighted by Crippen LogP contribution is 2.22. The molecule has 0 saturated carbocycles. The van der Waals surface area contributed by atoms with Crippen molar-refractivity contribution in [2.75, 3.05) is 30.7 Å². The summed E-state index contributed by atoms with van der Waals surface area (Å²) in [4.78, 5) is 28.3. The van der Waals surface area contributed by atoms with Gasteiger partial charge in [0, 0.05) is 28.6 Å². The molecule has 8 heteroatoms. The molecule has 0 spiro atoms. The van der Waals surface area contributed by atoms with Crippen molar-refractivity contribution in [1.82, 2.24) is 10.3 Å². The fourth-order valence-electron chi connectivity index (χ4n) is 3.71. The summed E-state index contributed by atoms with van der Waals surface area (Å²) in [7, 11) is 0. The zero-order valence-corrected chi connectivity index (χ0v) is 23.0. The van der Waals surface area contributed by atoms with Crippen LogP contribution < -0.4 is 10.7 Å². The molecular formula is C29H33ClN4O2S. The second-order valence-corrected chi connectivity index (χ2v) is 10.1. The molecule has 0 heterocycles. The number of anilines is 1. The van der Waals surface area contributed by atoms with Gasteiger partial charge in [-0.15, -0.1) is 0 Å². The third kappa shape index (κ3) is 9.04. The zero-order valence-electron chi connectivity index (χ0n) is 21.5. The van der Waals surface area contributed by atoms with E-state index in [0.717, 1.165) is 47.8 Å². The van der Waals surface area contributed by atoms with Gasteiger partial charge in [-0.1, -0.05) is 67.4 Å². The van der Waals surface area contributed by atoms with Crippen molar-refractivity contribution in [3.8, 4) is 0 Å². The van der Waals surface area contributed by atoms with Gasteiger partial charge in [0.1, 0.15) is 0 Å². The first kappa shape index (κ1) is 28.4. The Kier molecular flexibility index (Phi) is 11.2. The molecule has 0 saturated heterocycles. The molecule has 0 aliphatic rings. The fourth-order valence-corrected chi connectivity index (χ4v) is 4.83. The van der Waals surface area contributed by atoms with Gasteiger partial charge in [-0.05, 0) is 61.5 Å². The van der Waals surface area contributed by atoms with Crippen molar-refractivity contribution in [2.24, 2.45) is 5.10 Å². The van der Waals surface area contributed by atoms with Crippen molar-refractivity contribution in [2.45, 2.75) is 26.5 Å². The lowest BCUT2D eigenvalue weighted by atomic mass is 10.1. The smallest absolute Gasteiger partial charge is 0.273 e. The Labute approximate surface area is 228 Å². The Bertz CT molecular complexity index is 1240. The molecule has 0 bridgehead atoms. The highest BCUT2D eigenvalue weighted by atomic mass is 35.5. The number of halogens is 1. The van der Waals surface area contributed by atoms with Crippen molar-refractivity contribution in [3.05, 3.63) is 99.6 Å². The number of nitrogens with one attached hydrogen (secondary N) is 2. The Morgan fingerprint density at radius 1 is 1.00 bits per heavy atom. The number of nitrogens with zero attached hydrogens (tertiary/aromatic N) is 2. The molecule has 0 aliphatic heterocycles. The minimum atomic E-state index is -0.472. The molecule has 2 N–H and O–H groups in total. The van der Waals surface area contributed by atoms with Crippen LogP contribution in [0.3, 0.4) is 0 Å². The maximum atomic E-state index is 13.0. The molecule has 3 aromatic carbocycles. The fraction of sp³-hybridized carbons (Fsp3) is 0.276.